The van der Waals surface area contributed by atoms with Crippen LogP contribution in [-0.2, 0) is 11.3 Å². The summed E-state index contributed by atoms with van der Waals surface area (Å²) in [5, 5.41) is 8.05. The number of likely N-dealkylation sites (N-methyl/N-ethyl adjacent to an activating group) is 1. The van der Waals surface area contributed by atoms with Crippen molar-refractivity contribution >= 4 is 28.0 Å². The Morgan fingerprint density at radius 2 is 2.30 bits per heavy atom. The summed E-state index contributed by atoms with van der Waals surface area (Å²) in [5.74, 6) is 0.861. The molecule has 0 aromatic carbocycles. The summed E-state index contributed by atoms with van der Waals surface area (Å²) in [6.07, 6.45) is 2.01. The number of fused-ring (bicyclic) bond motifs is 1. The number of nitrogens with zero attached hydrogens (tertiary/aromatic N) is 3. The molecule has 2 aromatic rings. The van der Waals surface area contributed by atoms with Crippen molar-refractivity contribution in [1.29, 1.82) is 0 Å². The van der Waals surface area contributed by atoms with E-state index in [-0.39, 0.29) is 11.9 Å². The molecule has 2 N–H and O–H groups in total. The molecule has 0 unspecified atom stereocenters. The second-order valence-electron chi connectivity index (χ2n) is 5.05. The fourth-order valence-corrected chi connectivity index (χ4v) is 2.84. The van der Waals surface area contributed by atoms with Gasteiger partial charge in [-0.15, -0.1) is 11.3 Å². The van der Waals surface area contributed by atoms with Crippen LogP contribution >= 0.6 is 11.3 Å². The first kappa shape index (κ1) is 14.8. The van der Waals surface area contributed by atoms with Crippen molar-refractivity contribution in [1.82, 2.24) is 20.0 Å². The smallest absolute Gasteiger partial charge is 0.239 e. The van der Waals surface area contributed by atoms with E-state index in [0.717, 1.165) is 16.5 Å². The molecule has 0 bridgehead atoms. The van der Waals surface area contributed by atoms with E-state index < -0.39 is 0 Å². The minimum absolute atomic E-state index is 0.00858. The first-order valence-corrected chi connectivity index (χ1v) is 7.50. The molecule has 0 aliphatic heterocycles. The molecule has 2 rings (SSSR count). The quantitative estimate of drug-likeness (QED) is 0.837. The lowest BCUT2D eigenvalue weighted by atomic mass is 10.3. The maximum Gasteiger partial charge on any atom is 0.239 e. The van der Waals surface area contributed by atoms with Gasteiger partial charge in [0.1, 0.15) is 0 Å². The minimum atomic E-state index is 0.00858. The number of amides is 1. The van der Waals surface area contributed by atoms with Crippen LogP contribution in [0.25, 0.3) is 4.96 Å². The maximum absolute atomic E-state index is 11.9. The fourth-order valence-electron chi connectivity index (χ4n) is 2.12. The van der Waals surface area contributed by atoms with E-state index in [1.807, 2.05) is 44.4 Å². The molecule has 0 aliphatic carbocycles. The number of anilines is 1. The van der Waals surface area contributed by atoms with E-state index in [4.69, 9.17) is 0 Å². The van der Waals surface area contributed by atoms with Gasteiger partial charge in [-0.05, 0) is 20.9 Å². The first-order chi connectivity index (χ1) is 9.52. The minimum Gasteiger partial charge on any atom is -0.352 e. The average molecular weight is 295 g/mol. The van der Waals surface area contributed by atoms with Gasteiger partial charge in [0, 0.05) is 31.2 Å². The van der Waals surface area contributed by atoms with Crippen molar-refractivity contribution < 1.29 is 4.79 Å². The Bertz CT molecular complexity index is 589. The summed E-state index contributed by atoms with van der Waals surface area (Å²) in [4.78, 5) is 19.3. The third-order valence-electron chi connectivity index (χ3n) is 2.88. The number of rotatable bonds is 6. The Labute approximate surface area is 122 Å². The van der Waals surface area contributed by atoms with E-state index in [0.29, 0.717) is 13.1 Å². The first-order valence-electron chi connectivity index (χ1n) is 6.62. The molecule has 0 radical (unpaired) electrons. The van der Waals surface area contributed by atoms with Gasteiger partial charge in [0.05, 0.1) is 12.2 Å². The number of aromatic nitrogens is 2. The number of hydrogen-bond donors (Lipinski definition) is 2. The number of carbonyl (C=O) groups excluding carboxylic acids is 1. The average Bonchev–Trinajstić information content (AvgIpc) is 2.90. The summed E-state index contributed by atoms with van der Waals surface area (Å²) in [7, 11) is 3.80. The van der Waals surface area contributed by atoms with Crippen molar-refractivity contribution in [3.05, 3.63) is 17.3 Å². The summed E-state index contributed by atoms with van der Waals surface area (Å²) >= 11 is 1.59. The molecule has 0 aliphatic rings. The predicted octanol–water partition coefficient (Wildman–Crippen LogP) is 1.08. The summed E-state index contributed by atoms with van der Waals surface area (Å²) in [6.45, 7) is 4.93. The highest BCUT2D eigenvalue weighted by Crippen LogP contribution is 2.23. The number of carbonyl (C=O) groups is 1. The van der Waals surface area contributed by atoms with Crippen LogP contribution in [0.2, 0.25) is 0 Å². The molecular formula is C13H21N5OS. The molecule has 0 saturated carbocycles. The normalized spacial score (nSPS) is 11.2. The molecule has 1 amide bonds. The van der Waals surface area contributed by atoms with Gasteiger partial charge in [0.15, 0.2) is 10.8 Å². The highest BCUT2D eigenvalue weighted by atomic mass is 32.1. The van der Waals surface area contributed by atoms with Crippen molar-refractivity contribution in [2.24, 2.45) is 0 Å². The van der Waals surface area contributed by atoms with Crippen molar-refractivity contribution in [2.45, 2.75) is 26.4 Å². The Kier molecular flexibility index (Phi) is 4.61. The van der Waals surface area contributed by atoms with Crippen LogP contribution in [0.15, 0.2) is 11.6 Å². The Balaban J connectivity index is 2.20. The van der Waals surface area contributed by atoms with Crippen LogP contribution in [0.3, 0.4) is 0 Å². The Hall–Kier alpha value is -1.60. The second-order valence-corrected chi connectivity index (χ2v) is 5.92. The van der Waals surface area contributed by atoms with Gasteiger partial charge in [-0.3, -0.25) is 9.20 Å². The van der Waals surface area contributed by atoms with Crippen LogP contribution in [0.1, 0.15) is 19.5 Å². The van der Waals surface area contributed by atoms with Crippen LogP contribution in [0.4, 0.5) is 5.82 Å². The summed E-state index contributed by atoms with van der Waals surface area (Å²) < 4.78 is 2.06. The van der Waals surface area contributed by atoms with Crippen molar-refractivity contribution in [3.8, 4) is 0 Å². The number of imidazole rings is 1. The maximum atomic E-state index is 11.9. The second kappa shape index (κ2) is 6.23. The van der Waals surface area contributed by atoms with Gasteiger partial charge >= 0.3 is 0 Å². The van der Waals surface area contributed by atoms with Gasteiger partial charge in [-0.2, -0.15) is 0 Å². The molecule has 0 atom stereocenters. The zero-order valence-electron chi connectivity index (χ0n) is 12.3. The van der Waals surface area contributed by atoms with Crippen LogP contribution in [0.5, 0.6) is 0 Å². The SMILES string of the molecule is CNCc1c(N(C)CC(=O)NC(C)C)nc2sccn12. The molecule has 110 valence electrons. The van der Waals surface area contributed by atoms with E-state index in [9.17, 15) is 4.79 Å². The monoisotopic (exact) mass is 295 g/mol. The van der Waals surface area contributed by atoms with Crippen molar-refractivity contribution in [3.63, 3.8) is 0 Å². The highest BCUT2D eigenvalue weighted by molar-refractivity contribution is 7.15. The molecule has 0 spiro atoms. The molecule has 2 aromatic heterocycles. The molecule has 2 heterocycles. The highest BCUT2D eigenvalue weighted by Gasteiger charge is 2.18. The zero-order chi connectivity index (χ0) is 14.7. The fraction of sp³-hybridized carbons (Fsp3) is 0.538. The van der Waals surface area contributed by atoms with Gasteiger partial charge in [0.25, 0.3) is 0 Å². The third-order valence-corrected chi connectivity index (χ3v) is 3.63. The van der Waals surface area contributed by atoms with E-state index in [2.05, 4.69) is 20.0 Å². The van der Waals surface area contributed by atoms with Gasteiger partial charge in [-0.25, -0.2) is 4.98 Å². The molecule has 7 heteroatoms. The predicted molar refractivity (Wildman–Crippen MR) is 82.4 cm³/mol. The van der Waals surface area contributed by atoms with Gasteiger partial charge in [-0.1, -0.05) is 0 Å². The molecular weight excluding hydrogens is 274 g/mol. The Morgan fingerprint density at radius 3 is 2.95 bits per heavy atom. The van der Waals surface area contributed by atoms with Gasteiger partial charge in [0.2, 0.25) is 5.91 Å². The summed E-state index contributed by atoms with van der Waals surface area (Å²) in [6, 6.07) is 0.151. The zero-order valence-corrected chi connectivity index (χ0v) is 13.1. The van der Waals surface area contributed by atoms with Crippen molar-refractivity contribution in [2.75, 3.05) is 25.5 Å². The topological polar surface area (TPSA) is 61.7 Å². The number of nitrogens with one attached hydrogen (secondary N) is 2. The van der Waals surface area contributed by atoms with Crippen LogP contribution in [-0.4, -0.2) is 42.0 Å². The molecule has 6 nitrogen and oxygen atoms in total. The lowest BCUT2D eigenvalue weighted by Gasteiger charge is -2.19. The van der Waals surface area contributed by atoms with E-state index in [1.165, 1.54) is 0 Å². The molecule has 20 heavy (non-hydrogen) atoms. The Morgan fingerprint density at radius 1 is 1.55 bits per heavy atom. The third kappa shape index (κ3) is 3.10. The molecule has 0 fully saturated rings. The van der Waals surface area contributed by atoms with E-state index in [1.54, 1.807) is 11.3 Å². The lowest BCUT2D eigenvalue weighted by Crippen LogP contribution is -2.39. The number of hydrogen-bond acceptors (Lipinski definition) is 5. The standard InChI is InChI=1S/C13H21N5OS/c1-9(2)15-11(19)8-17(4)12-10(7-14-3)18-5-6-20-13(18)16-12/h5-6,9,14H,7-8H2,1-4H3,(H,15,19). The van der Waals surface area contributed by atoms with E-state index >= 15 is 0 Å². The molecule has 0 saturated heterocycles. The number of thiazole rings is 1. The van der Waals surface area contributed by atoms with Crippen LogP contribution in [0, 0.1) is 0 Å². The lowest BCUT2D eigenvalue weighted by molar-refractivity contribution is -0.120. The largest absolute Gasteiger partial charge is 0.352 e. The summed E-state index contributed by atoms with van der Waals surface area (Å²) in [5.41, 5.74) is 1.07. The van der Waals surface area contributed by atoms with Crippen LogP contribution < -0.4 is 15.5 Å². The van der Waals surface area contributed by atoms with Gasteiger partial charge < -0.3 is 15.5 Å².